The van der Waals surface area contributed by atoms with Crippen LogP contribution in [0.2, 0.25) is 0 Å². The lowest BCUT2D eigenvalue weighted by atomic mass is 10.2. The van der Waals surface area contributed by atoms with Crippen LogP contribution in [0.25, 0.3) is 0 Å². The first-order chi connectivity index (χ1) is 9.92. The minimum Gasteiger partial charge on any atom is -0.382 e. The number of rotatable bonds is 8. The van der Waals surface area contributed by atoms with Gasteiger partial charge in [0, 0.05) is 26.7 Å². The van der Waals surface area contributed by atoms with Gasteiger partial charge >= 0.3 is 0 Å². The fraction of sp³-hybridized carbons (Fsp3) is 0.714. The van der Waals surface area contributed by atoms with E-state index in [-0.39, 0.29) is 11.9 Å². The van der Waals surface area contributed by atoms with Crippen molar-refractivity contribution in [2.24, 2.45) is 0 Å². The second-order valence-corrected chi connectivity index (χ2v) is 7.14. The third-order valence-corrected chi connectivity index (χ3v) is 5.26. The third-order valence-electron chi connectivity index (χ3n) is 3.44. The van der Waals surface area contributed by atoms with Crippen molar-refractivity contribution < 1.29 is 4.79 Å². The molecule has 0 aromatic carbocycles. The first-order valence-corrected chi connectivity index (χ1v) is 9.36. The van der Waals surface area contributed by atoms with Crippen LogP contribution in [0.1, 0.15) is 36.4 Å². The average molecular weight is 331 g/mol. The highest BCUT2D eigenvalue weighted by molar-refractivity contribution is 7.98. The molecule has 1 aromatic rings. The number of aromatic nitrogens is 1. The van der Waals surface area contributed by atoms with E-state index in [0.717, 1.165) is 30.3 Å². The fourth-order valence-corrected chi connectivity index (χ4v) is 3.44. The Labute approximate surface area is 135 Å². The molecule has 1 unspecified atom stereocenters. The number of nitrogens with zero attached hydrogens (tertiary/aromatic N) is 3. The van der Waals surface area contributed by atoms with Crippen LogP contribution in [0, 0.1) is 0 Å². The van der Waals surface area contributed by atoms with Gasteiger partial charge in [0.2, 0.25) is 0 Å². The van der Waals surface area contributed by atoms with Crippen LogP contribution in [0.3, 0.4) is 0 Å². The lowest BCUT2D eigenvalue weighted by Crippen LogP contribution is -2.35. The minimum absolute atomic E-state index is 0.0326. The predicted octanol–water partition coefficient (Wildman–Crippen LogP) is 2.79. The summed E-state index contributed by atoms with van der Waals surface area (Å²) in [6, 6.07) is 0.197. The largest absolute Gasteiger partial charge is 0.382 e. The summed E-state index contributed by atoms with van der Waals surface area (Å²) in [6.45, 7) is 5.08. The number of hydrogen-bond acceptors (Lipinski definition) is 6. The highest BCUT2D eigenvalue weighted by atomic mass is 32.2. The molecule has 0 spiro atoms. The summed E-state index contributed by atoms with van der Waals surface area (Å²) in [5.74, 6) is 1.35. The monoisotopic (exact) mass is 330 g/mol. The molecule has 0 saturated heterocycles. The van der Waals surface area contributed by atoms with Crippen LogP contribution < -0.4 is 10.6 Å². The van der Waals surface area contributed by atoms with Crippen LogP contribution in [-0.4, -0.2) is 54.5 Å². The SMILES string of the molecule is CCCN(C)c1nc(N)c(C(=O)N(C)C(C)CCSC)s1. The van der Waals surface area contributed by atoms with Crippen LogP contribution >= 0.6 is 23.1 Å². The highest BCUT2D eigenvalue weighted by Crippen LogP contribution is 2.29. The van der Waals surface area contributed by atoms with E-state index in [1.165, 1.54) is 11.3 Å². The lowest BCUT2D eigenvalue weighted by molar-refractivity contribution is 0.0747. The lowest BCUT2D eigenvalue weighted by Gasteiger charge is -2.24. The number of nitrogen functional groups attached to an aromatic ring is 1. The molecule has 0 aliphatic carbocycles. The molecule has 1 rings (SSSR count). The van der Waals surface area contributed by atoms with Gasteiger partial charge in [-0.1, -0.05) is 18.3 Å². The number of carbonyl (C=O) groups is 1. The van der Waals surface area contributed by atoms with E-state index in [0.29, 0.717) is 10.7 Å². The third kappa shape index (κ3) is 4.78. The maximum Gasteiger partial charge on any atom is 0.267 e. The molecule has 2 N–H and O–H groups in total. The Hall–Kier alpha value is -0.950. The molecule has 1 aromatic heterocycles. The first kappa shape index (κ1) is 18.1. The molecule has 7 heteroatoms. The van der Waals surface area contributed by atoms with Gasteiger partial charge < -0.3 is 15.5 Å². The summed E-state index contributed by atoms with van der Waals surface area (Å²) in [5, 5.41) is 0.808. The molecule has 1 atom stereocenters. The smallest absolute Gasteiger partial charge is 0.267 e. The van der Waals surface area contributed by atoms with Crippen molar-refractivity contribution in [2.45, 2.75) is 32.7 Å². The topological polar surface area (TPSA) is 62.5 Å². The highest BCUT2D eigenvalue weighted by Gasteiger charge is 2.23. The van der Waals surface area contributed by atoms with Crippen molar-refractivity contribution in [1.29, 1.82) is 0 Å². The molecule has 0 radical (unpaired) electrons. The summed E-state index contributed by atoms with van der Waals surface area (Å²) in [4.78, 5) is 21.2. The standard InChI is InChI=1S/C14H26N4OS2/c1-6-8-17(3)14-16-12(15)11(21-14)13(19)18(4)10(2)7-9-20-5/h10H,6-9,15H2,1-5H3. The van der Waals surface area contributed by atoms with Gasteiger partial charge in [-0.2, -0.15) is 11.8 Å². The van der Waals surface area contributed by atoms with Gasteiger partial charge in [-0.15, -0.1) is 0 Å². The van der Waals surface area contributed by atoms with Crippen LogP contribution in [0.5, 0.6) is 0 Å². The quantitative estimate of drug-likeness (QED) is 0.794. The molecule has 1 heterocycles. The van der Waals surface area contributed by atoms with Gasteiger partial charge in [-0.3, -0.25) is 4.79 Å². The van der Waals surface area contributed by atoms with Crippen molar-refractivity contribution >= 4 is 40.0 Å². The minimum atomic E-state index is -0.0326. The number of anilines is 2. The second kappa shape index (κ2) is 8.48. The van der Waals surface area contributed by atoms with Crippen molar-refractivity contribution in [3.05, 3.63) is 4.88 Å². The zero-order valence-electron chi connectivity index (χ0n) is 13.5. The van der Waals surface area contributed by atoms with E-state index in [2.05, 4.69) is 25.1 Å². The number of thioether (sulfide) groups is 1. The normalized spacial score (nSPS) is 12.2. The Morgan fingerprint density at radius 3 is 2.71 bits per heavy atom. The Balaban J connectivity index is 2.82. The maximum atomic E-state index is 12.6. The maximum absolute atomic E-state index is 12.6. The van der Waals surface area contributed by atoms with E-state index in [1.54, 1.807) is 16.7 Å². The van der Waals surface area contributed by atoms with Crippen molar-refractivity contribution in [3.63, 3.8) is 0 Å². The van der Waals surface area contributed by atoms with Gasteiger partial charge in [-0.05, 0) is 31.8 Å². The van der Waals surface area contributed by atoms with Crippen LogP contribution in [0.15, 0.2) is 0 Å². The van der Waals surface area contributed by atoms with E-state index < -0.39 is 0 Å². The number of amides is 1. The fourth-order valence-electron chi connectivity index (χ4n) is 1.91. The molecule has 0 saturated carbocycles. The van der Waals surface area contributed by atoms with Gasteiger partial charge in [-0.25, -0.2) is 4.98 Å². The number of nitrogens with two attached hydrogens (primary N) is 1. The zero-order chi connectivity index (χ0) is 16.0. The van der Waals surface area contributed by atoms with Crippen molar-refractivity contribution in [2.75, 3.05) is 43.3 Å². The Morgan fingerprint density at radius 1 is 1.48 bits per heavy atom. The van der Waals surface area contributed by atoms with Crippen molar-refractivity contribution in [1.82, 2.24) is 9.88 Å². The molecule has 0 fully saturated rings. The Bertz CT molecular complexity index is 464. The molecule has 0 aliphatic heterocycles. The summed E-state index contributed by atoms with van der Waals surface area (Å²) >= 11 is 3.17. The van der Waals surface area contributed by atoms with Gasteiger partial charge in [0.05, 0.1) is 0 Å². The number of thiazole rings is 1. The van der Waals surface area contributed by atoms with Crippen LogP contribution in [0.4, 0.5) is 10.9 Å². The molecule has 0 bridgehead atoms. The Kier molecular flexibility index (Phi) is 7.31. The van der Waals surface area contributed by atoms with Gasteiger partial charge in [0.25, 0.3) is 5.91 Å². The summed E-state index contributed by atoms with van der Waals surface area (Å²) in [7, 11) is 3.81. The van der Waals surface area contributed by atoms with E-state index in [1.807, 2.05) is 19.0 Å². The molecular weight excluding hydrogens is 304 g/mol. The molecular formula is C14H26N4OS2. The summed E-state index contributed by atoms with van der Waals surface area (Å²) < 4.78 is 0. The number of hydrogen-bond donors (Lipinski definition) is 1. The average Bonchev–Trinajstić information content (AvgIpc) is 2.85. The van der Waals surface area contributed by atoms with Crippen LogP contribution in [-0.2, 0) is 0 Å². The molecule has 5 nitrogen and oxygen atoms in total. The molecule has 120 valence electrons. The number of carbonyl (C=O) groups excluding carboxylic acids is 1. The Morgan fingerprint density at radius 2 is 2.14 bits per heavy atom. The predicted molar refractivity (Wildman–Crippen MR) is 94.6 cm³/mol. The van der Waals surface area contributed by atoms with E-state index in [9.17, 15) is 4.79 Å². The molecule has 1 amide bonds. The summed E-state index contributed by atoms with van der Waals surface area (Å²) in [6.07, 6.45) is 4.08. The van der Waals surface area contributed by atoms with Gasteiger partial charge in [0.15, 0.2) is 5.13 Å². The first-order valence-electron chi connectivity index (χ1n) is 7.15. The zero-order valence-corrected chi connectivity index (χ0v) is 15.2. The van der Waals surface area contributed by atoms with E-state index in [4.69, 9.17) is 5.73 Å². The van der Waals surface area contributed by atoms with Gasteiger partial charge in [0.1, 0.15) is 10.7 Å². The van der Waals surface area contributed by atoms with E-state index >= 15 is 0 Å². The molecule has 0 aliphatic rings. The van der Waals surface area contributed by atoms with Crippen molar-refractivity contribution in [3.8, 4) is 0 Å². The second-order valence-electron chi connectivity index (χ2n) is 5.18. The molecule has 21 heavy (non-hydrogen) atoms. The summed E-state index contributed by atoms with van der Waals surface area (Å²) in [5.41, 5.74) is 5.94.